The molecule has 0 rings (SSSR count). The first-order valence-corrected chi connectivity index (χ1v) is 6.14. The van der Waals surface area contributed by atoms with Crippen LogP contribution in [0.3, 0.4) is 0 Å². The van der Waals surface area contributed by atoms with Crippen molar-refractivity contribution in [1.29, 1.82) is 0 Å². The highest BCUT2D eigenvalue weighted by Crippen LogP contribution is 2.03. The van der Waals surface area contributed by atoms with Gasteiger partial charge in [-0.05, 0) is 0 Å². The van der Waals surface area contributed by atoms with Crippen LogP contribution in [0.1, 0.15) is 6.92 Å². The Morgan fingerprint density at radius 2 is 1.63 bits per heavy atom. The van der Waals surface area contributed by atoms with E-state index in [0.717, 1.165) is 0 Å². The van der Waals surface area contributed by atoms with Crippen molar-refractivity contribution in [2.24, 2.45) is 5.92 Å². The predicted molar refractivity (Wildman–Crippen MR) is 70.2 cm³/mol. The minimum atomic E-state index is -0.917. The van der Waals surface area contributed by atoms with Crippen molar-refractivity contribution in [1.82, 2.24) is 9.80 Å². The quantitative estimate of drug-likeness (QED) is 0.657. The summed E-state index contributed by atoms with van der Waals surface area (Å²) in [6, 6.07) is -0.220. The lowest BCUT2D eigenvalue weighted by atomic mass is 10.2. The summed E-state index contributed by atoms with van der Waals surface area (Å²) >= 11 is 0. The van der Waals surface area contributed by atoms with Crippen molar-refractivity contribution in [3.05, 3.63) is 0 Å². The van der Waals surface area contributed by atoms with Crippen molar-refractivity contribution in [2.75, 3.05) is 54.1 Å². The number of methoxy groups -OCH3 is 2. The number of aliphatic carboxylic acids is 1. The largest absolute Gasteiger partial charge is 0.481 e. The van der Waals surface area contributed by atoms with Crippen LogP contribution in [0.5, 0.6) is 0 Å². The highest BCUT2D eigenvalue weighted by atomic mass is 16.5. The van der Waals surface area contributed by atoms with E-state index >= 15 is 0 Å². The van der Waals surface area contributed by atoms with Crippen molar-refractivity contribution < 1.29 is 24.2 Å². The van der Waals surface area contributed by atoms with Crippen LogP contribution in [0.4, 0.5) is 4.79 Å². The lowest BCUT2D eigenvalue weighted by Crippen LogP contribution is -2.46. The first kappa shape index (κ1) is 17.7. The summed E-state index contributed by atoms with van der Waals surface area (Å²) in [4.78, 5) is 25.9. The second kappa shape index (κ2) is 9.57. The van der Waals surface area contributed by atoms with Gasteiger partial charge >= 0.3 is 12.0 Å². The third-order valence-electron chi connectivity index (χ3n) is 2.70. The van der Waals surface area contributed by atoms with E-state index in [1.54, 1.807) is 33.1 Å². The molecule has 1 atom stereocenters. The summed E-state index contributed by atoms with van der Waals surface area (Å²) in [6.45, 7) is 3.50. The predicted octanol–water partition coefficient (Wildman–Crippen LogP) is 0.354. The highest BCUT2D eigenvalue weighted by Gasteiger charge is 2.21. The zero-order valence-corrected chi connectivity index (χ0v) is 12.1. The Bertz CT molecular complexity index is 277. The SMILES string of the molecule is COCCN(CCOC)C(=O)N(C)CC(C)C(=O)O. The van der Waals surface area contributed by atoms with Crippen LogP contribution in [-0.4, -0.2) is 81.0 Å². The van der Waals surface area contributed by atoms with E-state index in [1.807, 2.05) is 0 Å². The molecule has 1 N–H and O–H groups in total. The molecule has 7 heteroatoms. The van der Waals surface area contributed by atoms with Gasteiger partial charge < -0.3 is 24.4 Å². The maximum absolute atomic E-state index is 12.2. The smallest absolute Gasteiger partial charge is 0.319 e. The van der Waals surface area contributed by atoms with Crippen molar-refractivity contribution in [3.8, 4) is 0 Å². The van der Waals surface area contributed by atoms with E-state index in [2.05, 4.69) is 0 Å². The lowest BCUT2D eigenvalue weighted by Gasteiger charge is -2.28. The van der Waals surface area contributed by atoms with Gasteiger partial charge in [-0.3, -0.25) is 4.79 Å². The van der Waals surface area contributed by atoms with Gasteiger partial charge in [0.1, 0.15) is 0 Å². The fraction of sp³-hybridized carbons (Fsp3) is 0.833. The summed E-state index contributed by atoms with van der Waals surface area (Å²) in [7, 11) is 4.72. The Morgan fingerprint density at radius 3 is 2.00 bits per heavy atom. The number of carbonyl (C=O) groups is 2. The van der Waals surface area contributed by atoms with Gasteiger partial charge in [0.2, 0.25) is 0 Å². The Hall–Kier alpha value is -1.34. The van der Waals surface area contributed by atoms with E-state index in [9.17, 15) is 9.59 Å². The molecule has 2 amide bonds. The van der Waals surface area contributed by atoms with Gasteiger partial charge in [0.25, 0.3) is 0 Å². The van der Waals surface area contributed by atoms with Crippen LogP contribution in [0.2, 0.25) is 0 Å². The molecule has 19 heavy (non-hydrogen) atoms. The van der Waals surface area contributed by atoms with E-state index in [1.165, 1.54) is 4.90 Å². The average Bonchev–Trinajstić information content (AvgIpc) is 2.37. The van der Waals surface area contributed by atoms with Crippen LogP contribution in [0, 0.1) is 5.92 Å². The topological polar surface area (TPSA) is 79.3 Å². The molecule has 0 aromatic heterocycles. The molecule has 1 unspecified atom stereocenters. The Morgan fingerprint density at radius 1 is 1.16 bits per heavy atom. The Balaban J connectivity index is 4.45. The molecule has 0 heterocycles. The van der Waals surface area contributed by atoms with E-state index in [-0.39, 0.29) is 12.6 Å². The molecule has 7 nitrogen and oxygen atoms in total. The summed E-state index contributed by atoms with van der Waals surface area (Å²) in [5, 5.41) is 8.84. The number of hydrogen-bond donors (Lipinski definition) is 1. The van der Waals surface area contributed by atoms with E-state index in [4.69, 9.17) is 14.6 Å². The minimum absolute atomic E-state index is 0.171. The molecular weight excluding hydrogens is 252 g/mol. The normalized spacial score (nSPS) is 12.0. The zero-order valence-electron chi connectivity index (χ0n) is 12.1. The standard InChI is InChI=1S/C12H24N2O5/c1-10(11(15)16)9-13(2)12(17)14(5-7-18-3)6-8-19-4/h10H,5-9H2,1-4H3,(H,15,16). The third-order valence-corrected chi connectivity index (χ3v) is 2.70. The molecule has 0 aliphatic carbocycles. The molecule has 0 bridgehead atoms. The Labute approximate surface area is 114 Å². The molecule has 0 aromatic carbocycles. The van der Waals surface area contributed by atoms with Gasteiger partial charge in [-0.2, -0.15) is 0 Å². The van der Waals surface area contributed by atoms with Gasteiger partial charge in [-0.25, -0.2) is 4.79 Å². The molecule has 0 radical (unpaired) electrons. The van der Waals surface area contributed by atoms with Crippen LogP contribution >= 0.6 is 0 Å². The van der Waals surface area contributed by atoms with Crippen molar-refractivity contribution in [2.45, 2.75) is 6.92 Å². The first-order valence-electron chi connectivity index (χ1n) is 6.14. The number of nitrogens with zero attached hydrogens (tertiary/aromatic N) is 2. The molecule has 0 aromatic rings. The number of rotatable bonds is 9. The highest BCUT2D eigenvalue weighted by molar-refractivity contribution is 5.75. The zero-order chi connectivity index (χ0) is 14.8. The molecule has 0 saturated carbocycles. The fourth-order valence-corrected chi connectivity index (χ4v) is 1.51. The second-order valence-electron chi connectivity index (χ2n) is 4.38. The summed E-state index contributed by atoms with van der Waals surface area (Å²) in [5.74, 6) is -1.51. The van der Waals surface area contributed by atoms with Crippen molar-refractivity contribution >= 4 is 12.0 Å². The third kappa shape index (κ3) is 6.97. The van der Waals surface area contributed by atoms with Gasteiger partial charge in [-0.1, -0.05) is 6.92 Å². The van der Waals surface area contributed by atoms with Crippen LogP contribution in [0.15, 0.2) is 0 Å². The molecule has 0 aliphatic rings. The molecule has 0 spiro atoms. The molecule has 0 fully saturated rings. The summed E-state index contributed by atoms with van der Waals surface area (Å²) in [6.07, 6.45) is 0. The van der Waals surface area contributed by atoms with E-state index < -0.39 is 11.9 Å². The van der Waals surface area contributed by atoms with Crippen molar-refractivity contribution in [3.63, 3.8) is 0 Å². The molecule has 0 aliphatic heterocycles. The van der Waals surface area contributed by atoms with Crippen LogP contribution in [-0.2, 0) is 14.3 Å². The van der Waals surface area contributed by atoms with Crippen LogP contribution < -0.4 is 0 Å². The number of urea groups is 1. The maximum Gasteiger partial charge on any atom is 0.319 e. The summed E-state index contributed by atoms with van der Waals surface area (Å²) in [5.41, 5.74) is 0. The molecular formula is C12H24N2O5. The maximum atomic E-state index is 12.2. The average molecular weight is 276 g/mol. The minimum Gasteiger partial charge on any atom is -0.481 e. The number of carboxylic acid groups (broad SMARTS) is 1. The number of amides is 2. The second-order valence-corrected chi connectivity index (χ2v) is 4.38. The number of ether oxygens (including phenoxy) is 2. The molecule has 0 saturated heterocycles. The summed E-state index contributed by atoms with van der Waals surface area (Å²) < 4.78 is 9.91. The molecule has 112 valence electrons. The van der Waals surface area contributed by atoms with Gasteiger partial charge in [-0.15, -0.1) is 0 Å². The number of carboxylic acids is 1. The Kier molecular flexibility index (Phi) is 8.90. The van der Waals surface area contributed by atoms with E-state index in [0.29, 0.717) is 26.3 Å². The number of carbonyl (C=O) groups excluding carboxylic acids is 1. The number of hydrogen-bond acceptors (Lipinski definition) is 4. The fourth-order valence-electron chi connectivity index (χ4n) is 1.51. The van der Waals surface area contributed by atoms with Gasteiger partial charge in [0, 0.05) is 40.9 Å². The monoisotopic (exact) mass is 276 g/mol. The first-order chi connectivity index (χ1) is 8.93. The lowest BCUT2D eigenvalue weighted by molar-refractivity contribution is -0.141. The van der Waals surface area contributed by atoms with Gasteiger partial charge in [0.05, 0.1) is 19.1 Å². The van der Waals surface area contributed by atoms with Crippen LogP contribution in [0.25, 0.3) is 0 Å². The van der Waals surface area contributed by atoms with Gasteiger partial charge in [0.15, 0.2) is 0 Å².